The molecule has 0 atom stereocenters. The highest BCUT2D eigenvalue weighted by Gasteiger charge is 2.05. The molecule has 0 fully saturated rings. The lowest BCUT2D eigenvalue weighted by atomic mass is 10.1. The average molecular weight is 293 g/mol. The van der Waals surface area contributed by atoms with E-state index in [2.05, 4.69) is 10.6 Å². The van der Waals surface area contributed by atoms with Gasteiger partial charge in [0.15, 0.2) is 0 Å². The molecule has 0 saturated heterocycles. The van der Waals surface area contributed by atoms with Crippen molar-refractivity contribution < 1.29 is 9.59 Å². The predicted octanol–water partition coefficient (Wildman–Crippen LogP) is 2.45. The van der Waals surface area contributed by atoms with Crippen LogP contribution in [0.15, 0.2) is 48.5 Å². The van der Waals surface area contributed by atoms with E-state index in [1.165, 1.54) is 6.92 Å². The Labute approximate surface area is 128 Å². The van der Waals surface area contributed by atoms with E-state index < -0.39 is 0 Å². The number of hydrogen-bond donors (Lipinski definition) is 2. The van der Waals surface area contributed by atoms with Gasteiger partial charge in [0.1, 0.15) is 0 Å². The molecule has 2 aromatic rings. The van der Waals surface area contributed by atoms with Gasteiger partial charge in [-0.15, -0.1) is 0 Å². The zero-order valence-electron chi connectivity index (χ0n) is 12.1. The minimum atomic E-state index is -0.196. The Kier molecular flexibility index (Phi) is 4.89. The Bertz CT molecular complexity index is 713. The molecule has 0 radical (unpaired) electrons. The molecule has 0 bridgehead atoms. The Morgan fingerprint density at radius 2 is 1.68 bits per heavy atom. The number of nitrogens with zero attached hydrogens (tertiary/aromatic N) is 1. The number of carbonyl (C=O) groups excluding carboxylic acids is 2. The lowest BCUT2D eigenvalue weighted by Crippen LogP contribution is -2.22. The van der Waals surface area contributed by atoms with Crippen LogP contribution in [0.2, 0.25) is 0 Å². The molecule has 0 unspecified atom stereocenters. The summed E-state index contributed by atoms with van der Waals surface area (Å²) in [6, 6.07) is 15.7. The second kappa shape index (κ2) is 7.04. The fourth-order valence-corrected chi connectivity index (χ4v) is 1.89. The monoisotopic (exact) mass is 293 g/mol. The molecular formula is C17H15N3O2. The van der Waals surface area contributed by atoms with Crippen molar-refractivity contribution in [2.75, 3.05) is 5.32 Å². The minimum Gasteiger partial charge on any atom is -0.348 e. The van der Waals surface area contributed by atoms with Crippen LogP contribution in [-0.4, -0.2) is 11.8 Å². The summed E-state index contributed by atoms with van der Waals surface area (Å²) in [5.41, 5.74) is 2.67. The molecule has 0 aromatic heterocycles. The van der Waals surface area contributed by atoms with E-state index in [9.17, 15) is 9.59 Å². The molecule has 0 aliphatic carbocycles. The van der Waals surface area contributed by atoms with Gasteiger partial charge in [0.2, 0.25) is 5.91 Å². The number of nitrogens with one attached hydrogen (secondary N) is 2. The summed E-state index contributed by atoms with van der Waals surface area (Å²) in [6.07, 6.45) is 0. The molecule has 2 rings (SSSR count). The van der Waals surface area contributed by atoms with Crippen LogP contribution in [0.1, 0.15) is 28.4 Å². The van der Waals surface area contributed by atoms with Gasteiger partial charge in [0, 0.05) is 24.7 Å². The summed E-state index contributed by atoms with van der Waals surface area (Å²) in [5.74, 6) is -0.350. The standard InChI is InChI=1S/C17H15N3O2/c1-12(21)20-16-8-6-15(7-9-16)17(22)19-11-14-4-2-13(10-18)3-5-14/h2-9H,11H2,1H3,(H,19,22)(H,20,21). The van der Waals surface area contributed by atoms with Crippen molar-refractivity contribution in [2.24, 2.45) is 0 Å². The Balaban J connectivity index is 1.94. The third kappa shape index (κ3) is 4.18. The normalized spacial score (nSPS) is 9.64. The van der Waals surface area contributed by atoms with Crippen LogP contribution in [0, 0.1) is 11.3 Å². The Morgan fingerprint density at radius 3 is 2.23 bits per heavy atom. The van der Waals surface area contributed by atoms with Crippen LogP contribution < -0.4 is 10.6 Å². The van der Waals surface area contributed by atoms with Crippen molar-refractivity contribution >= 4 is 17.5 Å². The Morgan fingerprint density at radius 1 is 1.05 bits per heavy atom. The van der Waals surface area contributed by atoms with Gasteiger partial charge in [-0.1, -0.05) is 12.1 Å². The zero-order valence-corrected chi connectivity index (χ0v) is 12.1. The molecule has 0 spiro atoms. The highest BCUT2D eigenvalue weighted by Crippen LogP contribution is 2.10. The van der Waals surface area contributed by atoms with Gasteiger partial charge in [-0.25, -0.2) is 0 Å². The summed E-state index contributed by atoms with van der Waals surface area (Å²) < 4.78 is 0. The smallest absolute Gasteiger partial charge is 0.251 e. The molecule has 0 heterocycles. The van der Waals surface area contributed by atoms with Crippen LogP contribution in [0.4, 0.5) is 5.69 Å². The van der Waals surface area contributed by atoms with Crippen molar-refractivity contribution in [3.8, 4) is 6.07 Å². The fraction of sp³-hybridized carbons (Fsp3) is 0.118. The first-order chi connectivity index (χ1) is 10.6. The summed E-state index contributed by atoms with van der Waals surface area (Å²) in [4.78, 5) is 23.0. The van der Waals surface area contributed by atoms with E-state index in [1.54, 1.807) is 48.5 Å². The van der Waals surface area contributed by atoms with Gasteiger partial charge >= 0.3 is 0 Å². The van der Waals surface area contributed by atoms with E-state index in [-0.39, 0.29) is 11.8 Å². The van der Waals surface area contributed by atoms with Crippen LogP contribution in [-0.2, 0) is 11.3 Å². The molecule has 2 N–H and O–H groups in total. The maximum Gasteiger partial charge on any atom is 0.251 e. The van der Waals surface area contributed by atoms with Crippen LogP contribution in [0.3, 0.4) is 0 Å². The van der Waals surface area contributed by atoms with E-state index in [4.69, 9.17) is 5.26 Å². The third-order valence-electron chi connectivity index (χ3n) is 3.00. The summed E-state index contributed by atoms with van der Waals surface area (Å²) in [6.45, 7) is 1.82. The zero-order chi connectivity index (χ0) is 15.9. The Hall–Kier alpha value is -3.13. The topological polar surface area (TPSA) is 82.0 Å². The van der Waals surface area contributed by atoms with E-state index in [0.717, 1.165) is 5.56 Å². The molecule has 110 valence electrons. The van der Waals surface area contributed by atoms with Gasteiger partial charge in [-0.05, 0) is 42.0 Å². The van der Waals surface area contributed by atoms with Gasteiger partial charge in [-0.3, -0.25) is 9.59 Å². The highest BCUT2D eigenvalue weighted by molar-refractivity contribution is 5.95. The fourth-order valence-electron chi connectivity index (χ4n) is 1.89. The molecule has 2 aromatic carbocycles. The molecule has 5 nitrogen and oxygen atoms in total. The van der Waals surface area contributed by atoms with Crippen molar-refractivity contribution in [3.63, 3.8) is 0 Å². The number of amides is 2. The second-order valence-corrected chi connectivity index (χ2v) is 4.75. The lowest BCUT2D eigenvalue weighted by Gasteiger charge is -2.07. The first-order valence-corrected chi connectivity index (χ1v) is 6.73. The average Bonchev–Trinajstić information content (AvgIpc) is 2.53. The molecule has 0 saturated carbocycles. The van der Waals surface area contributed by atoms with E-state index in [0.29, 0.717) is 23.4 Å². The molecule has 2 amide bonds. The molecular weight excluding hydrogens is 278 g/mol. The summed E-state index contributed by atoms with van der Waals surface area (Å²) >= 11 is 0. The number of rotatable bonds is 4. The van der Waals surface area contributed by atoms with Crippen molar-refractivity contribution in [3.05, 3.63) is 65.2 Å². The number of nitriles is 1. The second-order valence-electron chi connectivity index (χ2n) is 4.75. The van der Waals surface area contributed by atoms with Gasteiger partial charge in [0.25, 0.3) is 5.91 Å². The van der Waals surface area contributed by atoms with E-state index in [1.807, 2.05) is 6.07 Å². The van der Waals surface area contributed by atoms with Gasteiger partial charge in [-0.2, -0.15) is 5.26 Å². The number of hydrogen-bond acceptors (Lipinski definition) is 3. The maximum atomic E-state index is 12.0. The van der Waals surface area contributed by atoms with Gasteiger partial charge in [0.05, 0.1) is 11.6 Å². The van der Waals surface area contributed by atoms with Crippen molar-refractivity contribution in [2.45, 2.75) is 13.5 Å². The quantitative estimate of drug-likeness (QED) is 0.908. The molecule has 5 heteroatoms. The summed E-state index contributed by atoms with van der Waals surface area (Å²) in [5, 5.41) is 14.2. The van der Waals surface area contributed by atoms with Crippen LogP contribution in [0.5, 0.6) is 0 Å². The highest BCUT2D eigenvalue weighted by atomic mass is 16.2. The number of benzene rings is 2. The molecule has 0 aliphatic rings. The lowest BCUT2D eigenvalue weighted by molar-refractivity contribution is -0.114. The molecule has 22 heavy (non-hydrogen) atoms. The van der Waals surface area contributed by atoms with Crippen molar-refractivity contribution in [1.29, 1.82) is 5.26 Å². The maximum absolute atomic E-state index is 12.0. The van der Waals surface area contributed by atoms with E-state index >= 15 is 0 Å². The largest absolute Gasteiger partial charge is 0.348 e. The third-order valence-corrected chi connectivity index (χ3v) is 3.00. The first-order valence-electron chi connectivity index (χ1n) is 6.73. The predicted molar refractivity (Wildman–Crippen MR) is 83.1 cm³/mol. The van der Waals surface area contributed by atoms with Crippen LogP contribution in [0.25, 0.3) is 0 Å². The minimum absolute atomic E-state index is 0.155. The number of carbonyl (C=O) groups is 2. The summed E-state index contributed by atoms with van der Waals surface area (Å²) in [7, 11) is 0. The SMILES string of the molecule is CC(=O)Nc1ccc(C(=O)NCc2ccc(C#N)cc2)cc1. The first kappa shape index (κ1) is 15.3. The van der Waals surface area contributed by atoms with Crippen LogP contribution >= 0.6 is 0 Å². The van der Waals surface area contributed by atoms with Crippen molar-refractivity contribution in [1.82, 2.24) is 5.32 Å². The number of anilines is 1. The van der Waals surface area contributed by atoms with Gasteiger partial charge < -0.3 is 10.6 Å². The molecule has 0 aliphatic heterocycles.